The van der Waals surface area contributed by atoms with Gasteiger partial charge in [-0.25, -0.2) is 4.98 Å². The number of halogens is 2. The fourth-order valence-corrected chi connectivity index (χ4v) is 3.27. The smallest absolute Gasteiger partial charge is 0.194 e. The third kappa shape index (κ3) is 6.84. The van der Waals surface area contributed by atoms with Gasteiger partial charge in [0.2, 0.25) is 0 Å². The Hall–Kier alpha value is -0.710. The SMILES string of the molecule is CN=C(NCc1ccc(Br)cc1)N(C)Cc1csc(C(C)OC)n1.I. The number of guanidine groups is 1. The van der Waals surface area contributed by atoms with Crippen LogP contribution in [-0.2, 0) is 17.8 Å². The van der Waals surface area contributed by atoms with Crippen LogP contribution in [0.4, 0.5) is 0 Å². The molecular formula is C17H24BrIN4OS. The predicted octanol–water partition coefficient (Wildman–Crippen LogP) is 4.44. The lowest BCUT2D eigenvalue weighted by molar-refractivity contribution is 0.119. The van der Waals surface area contributed by atoms with Gasteiger partial charge in [-0.05, 0) is 24.6 Å². The first-order chi connectivity index (χ1) is 11.5. The van der Waals surface area contributed by atoms with Crippen LogP contribution in [0.15, 0.2) is 39.1 Å². The number of thiazole rings is 1. The Kier molecular flexibility index (Phi) is 9.91. The van der Waals surface area contributed by atoms with Gasteiger partial charge in [-0.1, -0.05) is 28.1 Å². The van der Waals surface area contributed by atoms with Crippen molar-refractivity contribution >= 4 is 57.2 Å². The minimum Gasteiger partial charge on any atom is -0.375 e. The highest BCUT2D eigenvalue weighted by atomic mass is 127. The van der Waals surface area contributed by atoms with Gasteiger partial charge in [0, 0.05) is 37.6 Å². The number of rotatable bonds is 6. The Morgan fingerprint density at radius 1 is 1.40 bits per heavy atom. The summed E-state index contributed by atoms with van der Waals surface area (Å²) < 4.78 is 6.39. The molecule has 0 amide bonds. The van der Waals surface area contributed by atoms with Crippen LogP contribution in [-0.4, -0.2) is 37.0 Å². The van der Waals surface area contributed by atoms with Crippen molar-refractivity contribution in [2.75, 3.05) is 21.2 Å². The highest BCUT2D eigenvalue weighted by molar-refractivity contribution is 14.0. The maximum Gasteiger partial charge on any atom is 0.194 e. The van der Waals surface area contributed by atoms with Crippen LogP contribution < -0.4 is 5.32 Å². The maximum atomic E-state index is 5.31. The van der Waals surface area contributed by atoms with Crippen molar-refractivity contribution in [3.8, 4) is 0 Å². The van der Waals surface area contributed by atoms with Gasteiger partial charge in [0.05, 0.1) is 12.2 Å². The fourth-order valence-electron chi connectivity index (χ4n) is 2.17. The Labute approximate surface area is 179 Å². The number of hydrogen-bond donors (Lipinski definition) is 1. The molecule has 1 aromatic carbocycles. The molecule has 1 atom stereocenters. The van der Waals surface area contributed by atoms with Crippen LogP contribution in [0.25, 0.3) is 0 Å². The average molecular weight is 539 g/mol. The molecule has 25 heavy (non-hydrogen) atoms. The topological polar surface area (TPSA) is 49.8 Å². The molecule has 1 N–H and O–H groups in total. The molecule has 1 heterocycles. The summed E-state index contributed by atoms with van der Waals surface area (Å²) in [6, 6.07) is 8.25. The van der Waals surface area contributed by atoms with Crippen molar-refractivity contribution in [3.05, 3.63) is 50.4 Å². The first-order valence-electron chi connectivity index (χ1n) is 7.66. The van der Waals surface area contributed by atoms with Crippen LogP contribution in [0.1, 0.15) is 29.3 Å². The summed E-state index contributed by atoms with van der Waals surface area (Å²) in [7, 11) is 5.50. The summed E-state index contributed by atoms with van der Waals surface area (Å²) in [6.07, 6.45) is 0.0314. The van der Waals surface area contributed by atoms with Crippen molar-refractivity contribution in [2.24, 2.45) is 4.99 Å². The lowest BCUT2D eigenvalue weighted by Crippen LogP contribution is -2.38. The highest BCUT2D eigenvalue weighted by Gasteiger charge is 2.12. The number of ether oxygens (including phenoxy) is 1. The second-order valence-electron chi connectivity index (χ2n) is 5.44. The van der Waals surface area contributed by atoms with E-state index in [0.29, 0.717) is 6.54 Å². The largest absolute Gasteiger partial charge is 0.375 e. The molecule has 2 aromatic rings. The van der Waals surface area contributed by atoms with Crippen LogP contribution in [0.2, 0.25) is 0 Å². The summed E-state index contributed by atoms with van der Waals surface area (Å²) in [6.45, 7) is 3.44. The summed E-state index contributed by atoms with van der Waals surface area (Å²) in [5, 5.41) is 6.45. The summed E-state index contributed by atoms with van der Waals surface area (Å²) in [5.74, 6) is 0.840. The van der Waals surface area contributed by atoms with Crippen molar-refractivity contribution in [1.29, 1.82) is 0 Å². The van der Waals surface area contributed by atoms with E-state index in [0.717, 1.165) is 27.7 Å². The molecule has 5 nitrogen and oxygen atoms in total. The van der Waals surface area contributed by atoms with E-state index in [9.17, 15) is 0 Å². The van der Waals surface area contributed by atoms with E-state index in [2.05, 4.69) is 53.6 Å². The van der Waals surface area contributed by atoms with Gasteiger partial charge >= 0.3 is 0 Å². The summed E-state index contributed by atoms with van der Waals surface area (Å²) in [5.41, 5.74) is 2.23. The Morgan fingerprint density at radius 2 is 2.08 bits per heavy atom. The zero-order valence-corrected chi connectivity index (χ0v) is 19.6. The molecule has 0 aliphatic carbocycles. The lowest BCUT2D eigenvalue weighted by atomic mass is 10.2. The average Bonchev–Trinajstić information content (AvgIpc) is 3.04. The van der Waals surface area contributed by atoms with E-state index in [1.807, 2.05) is 26.1 Å². The van der Waals surface area contributed by atoms with E-state index in [1.54, 1.807) is 25.5 Å². The number of nitrogens with zero attached hydrogens (tertiary/aromatic N) is 3. The zero-order chi connectivity index (χ0) is 17.5. The van der Waals surface area contributed by atoms with E-state index >= 15 is 0 Å². The molecule has 0 aliphatic rings. The van der Waals surface area contributed by atoms with Gasteiger partial charge in [-0.2, -0.15) is 0 Å². The van der Waals surface area contributed by atoms with Gasteiger partial charge in [-0.3, -0.25) is 4.99 Å². The standard InChI is InChI=1S/C17H23BrN4OS.HI/c1-12(23-4)16-21-15(11-24-16)10-22(3)17(19-2)20-9-13-5-7-14(18)8-6-13;/h5-8,11-12H,9-10H2,1-4H3,(H,19,20);1H. The maximum absolute atomic E-state index is 5.31. The summed E-state index contributed by atoms with van der Waals surface area (Å²) in [4.78, 5) is 11.0. The van der Waals surface area contributed by atoms with Gasteiger partial charge in [0.15, 0.2) is 5.96 Å². The predicted molar refractivity (Wildman–Crippen MR) is 119 cm³/mol. The van der Waals surface area contributed by atoms with E-state index in [-0.39, 0.29) is 30.1 Å². The van der Waals surface area contributed by atoms with Gasteiger partial charge in [-0.15, -0.1) is 35.3 Å². The minimum absolute atomic E-state index is 0. The third-order valence-corrected chi connectivity index (χ3v) is 5.19. The van der Waals surface area contributed by atoms with Crippen LogP contribution in [0, 0.1) is 0 Å². The second kappa shape index (κ2) is 11.1. The monoisotopic (exact) mass is 538 g/mol. The quantitative estimate of drug-likeness (QED) is 0.335. The molecule has 0 bridgehead atoms. The first-order valence-corrected chi connectivity index (χ1v) is 9.34. The van der Waals surface area contributed by atoms with Gasteiger partial charge < -0.3 is 15.0 Å². The van der Waals surface area contributed by atoms with Gasteiger partial charge in [0.25, 0.3) is 0 Å². The molecule has 0 radical (unpaired) electrons. The van der Waals surface area contributed by atoms with Crippen molar-refractivity contribution in [1.82, 2.24) is 15.2 Å². The van der Waals surface area contributed by atoms with Crippen molar-refractivity contribution < 1.29 is 4.74 Å². The zero-order valence-electron chi connectivity index (χ0n) is 14.8. The number of hydrogen-bond acceptors (Lipinski definition) is 4. The molecule has 0 fully saturated rings. The summed E-state index contributed by atoms with van der Waals surface area (Å²) >= 11 is 5.08. The highest BCUT2D eigenvalue weighted by Crippen LogP contribution is 2.20. The molecule has 0 saturated heterocycles. The lowest BCUT2D eigenvalue weighted by Gasteiger charge is -2.21. The Bertz CT molecular complexity index is 678. The molecule has 0 spiro atoms. The Balaban J connectivity index is 0.00000312. The number of nitrogens with one attached hydrogen (secondary N) is 1. The fraction of sp³-hybridized carbons (Fsp3) is 0.412. The van der Waals surface area contributed by atoms with E-state index < -0.39 is 0 Å². The molecular weight excluding hydrogens is 515 g/mol. The van der Waals surface area contributed by atoms with Crippen LogP contribution in [0.5, 0.6) is 0 Å². The first kappa shape index (κ1) is 22.3. The number of aliphatic imine (C=N–C) groups is 1. The molecule has 8 heteroatoms. The van der Waals surface area contributed by atoms with Gasteiger partial charge in [0.1, 0.15) is 11.1 Å². The molecule has 0 saturated carbocycles. The van der Waals surface area contributed by atoms with Crippen LogP contribution >= 0.6 is 51.2 Å². The Morgan fingerprint density at radius 3 is 2.68 bits per heavy atom. The molecule has 1 aromatic heterocycles. The molecule has 1 unspecified atom stereocenters. The second-order valence-corrected chi connectivity index (χ2v) is 7.24. The number of benzene rings is 1. The third-order valence-electron chi connectivity index (χ3n) is 3.61. The van der Waals surface area contributed by atoms with E-state index in [1.165, 1.54) is 5.56 Å². The molecule has 2 rings (SSSR count). The number of methoxy groups -OCH3 is 1. The normalized spacial score (nSPS) is 12.4. The molecule has 138 valence electrons. The van der Waals surface area contributed by atoms with Crippen molar-refractivity contribution in [3.63, 3.8) is 0 Å². The van der Waals surface area contributed by atoms with Crippen molar-refractivity contribution in [2.45, 2.75) is 26.1 Å². The number of aromatic nitrogens is 1. The molecule has 0 aliphatic heterocycles. The van der Waals surface area contributed by atoms with Crippen LogP contribution in [0.3, 0.4) is 0 Å². The van der Waals surface area contributed by atoms with E-state index in [4.69, 9.17) is 4.74 Å². The minimum atomic E-state index is 0.